The van der Waals surface area contributed by atoms with E-state index in [-0.39, 0.29) is 6.61 Å². The van der Waals surface area contributed by atoms with Gasteiger partial charge in [-0.3, -0.25) is 0 Å². The zero-order valence-electron chi connectivity index (χ0n) is 11.3. The highest BCUT2D eigenvalue weighted by Gasteiger charge is 2.34. The minimum Gasteiger partial charge on any atom is -0.382 e. The third-order valence-electron chi connectivity index (χ3n) is 2.76. The van der Waals surface area contributed by atoms with Crippen molar-refractivity contribution < 1.29 is 27.0 Å². The van der Waals surface area contributed by atoms with E-state index in [2.05, 4.69) is 5.32 Å². The molecule has 0 bridgehead atoms. The van der Waals surface area contributed by atoms with Gasteiger partial charge in [0.2, 0.25) is 0 Å². The lowest BCUT2D eigenvalue weighted by molar-refractivity contribution is -0.140. The fourth-order valence-corrected chi connectivity index (χ4v) is 1.67. The van der Waals surface area contributed by atoms with E-state index in [1.807, 2.05) is 0 Å². The zero-order chi connectivity index (χ0) is 15.2. The van der Waals surface area contributed by atoms with E-state index in [0.717, 1.165) is 12.1 Å². The summed E-state index contributed by atoms with van der Waals surface area (Å²) < 4.78 is 61.2. The number of likely N-dealkylation sites (N-methyl/N-ethyl adjacent to an activating group) is 1. The summed E-state index contributed by atoms with van der Waals surface area (Å²) in [5.74, 6) is -1.28. The summed E-state index contributed by atoms with van der Waals surface area (Å²) in [5.41, 5.74) is -0.953. The molecule has 0 aliphatic rings. The molecule has 7 heteroatoms. The lowest BCUT2D eigenvalue weighted by atomic mass is 10.0. The van der Waals surface area contributed by atoms with E-state index in [9.17, 15) is 17.6 Å². The Morgan fingerprint density at radius 2 is 1.95 bits per heavy atom. The Hall–Kier alpha value is -1.18. The molecule has 0 heterocycles. The highest BCUT2D eigenvalue weighted by molar-refractivity contribution is 5.29. The van der Waals surface area contributed by atoms with Crippen LogP contribution in [0.15, 0.2) is 18.2 Å². The van der Waals surface area contributed by atoms with Gasteiger partial charge < -0.3 is 14.8 Å². The molecular weight excluding hydrogens is 278 g/mol. The number of hydrogen-bond acceptors (Lipinski definition) is 3. The van der Waals surface area contributed by atoms with Crippen LogP contribution in [-0.4, -0.2) is 34.0 Å². The van der Waals surface area contributed by atoms with E-state index < -0.39 is 23.6 Å². The van der Waals surface area contributed by atoms with E-state index in [1.54, 1.807) is 7.05 Å². The fraction of sp³-hybridized carbons (Fsp3) is 0.538. The van der Waals surface area contributed by atoms with Crippen molar-refractivity contribution in [2.75, 3.05) is 34.0 Å². The number of nitrogens with one attached hydrogen (secondary N) is 1. The number of methoxy groups -OCH3 is 1. The van der Waals surface area contributed by atoms with Gasteiger partial charge in [-0.25, -0.2) is 4.39 Å². The van der Waals surface area contributed by atoms with Crippen molar-refractivity contribution in [2.45, 2.75) is 12.2 Å². The summed E-state index contributed by atoms with van der Waals surface area (Å²) in [6.45, 7) is 0.901. The van der Waals surface area contributed by atoms with E-state index in [1.165, 1.54) is 13.2 Å². The Kier molecular flexibility index (Phi) is 6.38. The molecule has 0 radical (unpaired) electrons. The van der Waals surface area contributed by atoms with Crippen molar-refractivity contribution in [1.82, 2.24) is 5.32 Å². The van der Waals surface area contributed by atoms with Gasteiger partial charge in [0, 0.05) is 7.11 Å². The number of hydrogen-bond donors (Lipinski definition) is 1. The molecule has 1 rings (SSSR count). The molecule has 0 amide bonds. The Bertz CT molecular complexity index is 423. The number of rotatable bonds is 7. The van der Waals surface area contributed by atoms with Crippen LogP contribution in [0.4, 0.5) is 17.6 Å². The lowest BCUT2D eigenvalue weighted by Gasteiger charge is -2.18. The van der Waals surface area contributed by atoms with Gasteiger partial charge in [-0.2, -0.15) is 13.2 Å². The third-order valence-corrected chi connectivity index (χ3v) is 2.76. The van der Waals surface area contributed by atoms with Crippen LogP contribution >= 0.6 is 0 Å². The normalized spacial score (nSPS) is 13.5. The maximum absolute atomic E-state index is 13.2. The molecule has 1 unspecified atom stereocenters. The first-order valence-corrected chi connectivity index (χ1v) is 6.00. The lowest BCUT2D eigenvalue weighted by Crippen LogP contribution is -2.23. The van der Waals surface area contributed by atoms with E-state index in [0.29, 0.717) is 18.8 Å². The van der Waals surface area contributed by atoms with Gasteiger partial charge in [-0.05, 0) is 24.7 Å². The van der Waals surface area contributed by atoms with Crippen LogP contribution in [0.25, 0.3) is 0 Å². The van der Waals surface area contributed by atoms with Crippen molar-refractivity contribution in [3.63, 3.8) is 0 Å². The van der Waals surface area contributed by atoms with Gasteiger partial charge >= 0.3 is 6.18 Å². The van der Waals surface area contributed by atoms with Crippen LogP contribution in [0, 0.1) is 5.82 Å². The molecule has 0 fully saturated rings. The van der Waals surface area contributed by atoms with Crippen LogP contribution in [-0.2, 0) is 15.7 Å². The summed E-state index contributed by atoms with van der Waals surface area (Å²) in [6, 6.07) is 2.48. The van der Waals surface area contributed by atoms with Gasteiger partial charge in [0.15, 0.2) is 0 Å². The van der Waals surface area contributed by atoms with Gasteiger partial charge in [-0.1, -0.05) is 6.07 Å². The van der Waals surface area contributed by atoms with E-state index in [4.69, 9.17) is 9.47 Å². The molecule has 1 aromatic carbocycles. The summed E-state index contributed by atoms with van der Waals surface area (Å²) in [5, 5.41) is 2.84. The Morgan fingerprint density at radius 1 is 1.25 bits per heavy atom. The summed E-state index contributed by atoms with van der Waals surface area (Å²) in [4.78, 5) is 0. The molecule has 20 heavy (non-hydrogen) atoms. The second-order valence-corrected chi connectivity index (χ2v) is 4.15. The minimum absolute atomic E-state index is 0.169. The predicted octanol–water partition coefficient (Wildman–Crippen LogP) is 2.77. The smallest absolute Gasteiger partial charge is 0.382 e. The maximum Gasteiger partial charge on any atom is 0.419 e. The fourth-order valence-electron chi connectivity index (χ4n) is 1.67. The Balaban J connectivity index is 2.82. The molecule has 1 aromatic rings. The molecule has 0 aromatic heterocycles. The minimum atomic E-state index is -4.71. The average Bonchev–Trinajstić information content (AvgIpc) is 2.39. The highest BCUT2D eigenvalue weighted by atomic mass is 19.4. The van der Waals surface area contributed by atoms with Crippen LogP contribution in [0.2, 0.25) is 0 Å². The van der Waals surface area contributed by atoms with Crippen molar-refractivity contribution in [3.8, 4) is 0 Å². The number of halogens is 4. The molecule has 1 atom stereocenters. The molecule has 0 aliphatic carbocycles. The number of ether oxygens (including phenoxy) is 2. The second-order valence-electron chi connectivity index (χ2n) is 4.15. The zero-order valence-corrected chi connectivity index (χ0v) is 11.3. The van der Waals surface area contributed by atoms with Gasteiger partial charge in [0.1, 0.15) is 5.82 Å². The summed E-state index contributed by atoms with van der Waals surface area (Å²) in [7, 11) is 3.12. The monoisotopic (exact) mass is 295 g/mol. The standard InChI is InChI=1S/C13H17F4NO2/c1-18-12(8-20-6-5-19-2)9-3-4-11(14)10(7-9)13(15,16)17/h3-4,7,12,18H,5-6,8H2,1-2H3. The largest absolute Gasteiger partial charge is 0.419 e. The van der Waals surface area contributed by atoms with Gasteiger partial charge in [-0.15, -0.1) is 0 Å². The molecule has 0 spiro atoms. The number of benzene rings is 1. The first-order chi connectivity index (χ1) is 9.40. The van der Waals surface area contributed by atoms with Crippen molar-refractivity contribution in [2.24, 2.45) is 0 Å². The van der Waals surface area contributed by atoms with E-state index >= 15 is 0 Å². The second kappa shape index (κ2) is 7.56. The van der Waals surface area contributed by atoms with Crippen LogP contribution in [0.1, 0.15) is 17.2 Å². The van der Waals surface area contributed by atoms with Crippen LogP contribution < -0.4 is 5.32 Å². The predicted molar refractivity (Wildman–Crippen MR) is 65.9 cm³/mol. The molecule has 0 saturated heterocycles. The molecule has 3 nitrogen and oxygen atoms in total. The Labute approximate surface area is 114 Å². The molecule has 0 aliphatic heterocycles. The topological polar surface area (TPSA) is 30.5 Å². The molecule has 114 valence electrons. The highest BCUT2D eigenvalue weighted by Crippen LogP contribution is 2.33. The first-order valence-electron chi connectivity index (χ1n) is 6.00. The SMILES string of the molecule is CNC(COCCOC)c1ccc(F)c(C(F)(F)F)c1. The maximum atomic E-state index is 13.2. The average molecular weight is 295 g/mol. The summed E-state index contributed by atoms with van der Waals surface area (Å²) >= 11 is 0. The van der Waals surface area contributed by atoms with Crippen LogP contribution in [0.3, 0.4) is 0 Å². The van der Waals surface area contributed by atoms with Crippen molar-refractivity contribution >= 4 is 0 Å². The summed E-state index contributed by atoms with van der Waals surface area (Å²) in [6.07, 6.45) is -4.71. The molecule has 0 saturated carbocycles. The Morgan fingerprint density at radius 3 is 2.50 bits per heavy atom. The molecule has 1 N–H and O–H groups in total. The van der Waals surface area contributed by atoms with Gasteiger partial charge in [0.05, 0.1) is 31.4 Å². The number of alkyl halides is 3. The first kappa shape index (κ1) is 16.9. The van der Waals surface area contributed by atoms with Crippen LogP contribution in [0.5, 0.6) is 0 Å². The van der Waals surface area contributed by atoms with Crippen molar-refractivity contribution in [1.29, 1.82) is 0 Å². The third kappa shape index (κ3) is 4.73. The quantitative estimate of drug-likeness (QED) is 0.620. The van der Waals surface area contributed by atoms with Gasteiger partial charge in [0.25, 0.3) is 0 Å². The van der Waals surface area contributed by atoms with Crippen molar-refractivity contribution in [3.05, 3.63) is 35.1 Å². The molecular formula is C13H17F4NO2.